The number of aliphatic hydroxyl groups is 1. The van der Waals surface area contributed by atoms with Gasteiger partial charge < -0.3 is 10.0 Å². The maximum absolute atomic E-state index is 8.76. The molecule has 1 unspecified atom stereocenters. The highest BCUT2D eigenvalue weighted by Crippen LogP contribution is 1.93. The molecule has 0 spiro atoms. The van der Waals surface area contributed by atoms with Crippen LogP contribution in [0.25, 0.3) is 0 Å². The number of alkyl halides is 1. The SMILES string of the molecule is C/N=C\N(C)CC(O)Br. The highest BCUT2D eigenvalue weighted by molar-refractivity contribution is 9.09. The van der Waals surface area contributed by atoms with Crippen molar-refractivity contribution in [3.63, 3.8) is 0 Å². The molecule has 0 fully saturated rings. The summed E-state index contributed by atoms with van der Waals surface area (Å²) in [6.07, 6.45) is 1.66. The molecule has 0 rings (SSSR count). The van der Waals surface area contributed by atoms with Gasteiger partial charge in [0.1, 0.15) is 5.01 Å². The second kappa shape index (κ2) is 4.76. The number of likely N-dealkylation sites (N-methyl/N-ethyl adjacent to an activating group) is 1. The van der Waals surface area contributed by atoms with Crippen LogP contribution in [0.2, 0.25) is 0 Å². The molecule has 0 aliphatic heterocycles. The zero-order valence-corrected chi connectivity index (χ0v) is 7.17. The molecule has 0 aliphatic rings. The monoisotopic (exact) mass is 194 g/mol. The predicted molar refractivity (Wildman–Crippen MR) is 42.0 cm³/mol. The zero-order chi connectivity index (χ0) is 7.28. The van der Waals surface area contributed by atoms with Crippen LogP contribution < -0.4 is 0 Å². The minimum absolute atomic E-state index is 0.472. The molecule has 3 nitrogen and oxygen atoms in total. The quantitative estimate of drug-likeness (QED) is 0.399. The largest absolute Gasteiger partial charge is 0.380 e. The van der Waals surface area contributed by atoms with Gasteiger partial charge in [0.2, 0.25) is 0 Å². The Labute approximate surface area is 63.5 Å². The first-order valence-electron chi connectivity index (χ1n) is 2.61. The number of nitrogens with zero attached hydrogens (tertiary/aromatic N) is 2. The highest BCUT2D eigenvalue weighted by Gasteiger charge is 1.97. The van der Waals surface area contributed by atoms with Gasteiger partial charge in [0.15, 0.2) is 0 Å². The first-order valence-corrected chi connectivity index (χ1v) is 3.53. The lowest BCUT2D eigenvalue weighted by molar-refractivity contribution is 0.239. The van der Waals surface area contributed by atoms with Gasteiger partial charge in [0.05, 0.1) is 12.9 Å². The lowest BCUT2D eigenvalue weighted by atomic mass is 10.6. The van der Waals surface area contributed by atoms with E-state index in [2.05, 4.69) is 20.9 Å². The van der Waals surface area contributed by atoms with Crippen LogP contribution in [-0.4, -0.2) is 42.0 Å². The average Bonchev–Trinajstić information content (AvgIpc) is 1.63. The summed E-state index contributed by atoms with van der Waals surface area (Å²) in [5.41, 5.74) is 0. The molecule has 54 valence electrons. The Kier molecular flexibility index (Phi) is 4.71. The van der Waals surface area contributed by atoms with E-state index in [0.29, 0.717) is 6.54 Å². The van der Waals surface area contributed by atoms with Gasteiger partial charge >= 0.3 is 0 Å². The Morgan fingerprint density at radius 2 is 2.44 bits per heavy atom. The Morgan fingerprint density at radius 3 is 2.78 bits per heavy atom. The lowest BCUT2D eigenvalue weighted by Gasteiger charge is -2.12. The summed E-state index contributed by atoms with van der Waals surface area (Å²) in [7, 11) is 3.54. The molecule has 0 radical (unpaired) electrons. The molecular weight excluding hydrogens is 184 g/mol. The van der Waals surface area contributed by atoms with Crippen molar-refractivity contribution in [2.75, 3.05) is 20.6 Å². The number of hydrogen-bond acceptors (Lipinski definition) is 2. The van der Waals surface area contributed by atoms with Crippen LogP contribution in [0.15, 0.2) is 4.99 Å². The number of aliphatic imine (C=N–C) groups is 1. The number of aliphatic hydroxyl groups excluding tert-OH is 1. The Hall–Kier alpha value is -0.0900. The Bertz CT molecular complexity index is 95.0. The minimum Gasteiger partial charge on any atom is -0.380 e. The average molecular weight is 195 g/mol. The highest BCUT2D eigenvalue weighted by atomic mass is 79.9. The van der Waals surface area contributed by atoms with Crippen LogP contribution in [0.5, 0.6) is 0 Å². The second-order valence-electron chi connectivity index (χ2n) is 1.75. The standard InChI is InChI=1S/C5H11BrN2O/c1-7-4-8(2)3-5(6)9/h4-5,9H,3H2,1-2H3/b7-4-. The van der Waals surface area contributed by atoms with Gasteiger partial charge in [0, 0.05) is 14.1 Å². The van der Waals surface area contributed by atoms with Gasteiger partial charge in [0.25, 0.3) is 0 Å². The van der Waals surface area contributed by atoms with Crippen LogP contribution in [0, 0.1) is 0 Å². The summed E-state index contributed by atoms with van der Waals surface area (Å²) in [4.78, 5) is 5.55. The first kappa shape index (κ1) is 8.91. The Morgan fingerprint density at radius 1 is 1.89 bits per heavy atom. The van der Waals surface area contributed by atoms with Gasteiger partial charge in [-0.15, -0.1) is 0 Å². The molecule has 0 aromatic rings. The first-order chi connectivity index (χ1) is 4.16. The van der Waals surface area contributed by atoms with Crippen molar-refractivity contribution in [3.05, 3.63) is 0 Å². The molecule has 0 saturated carbocycles. The van der Waals surface area contributed by atoms with E-state index in [1.165, 1.54) is 0 Å². The molecule has 4 heteroatoms. The molecule has 0 bridgehead atoms. The van der Waals surface area contributed by atoms with Gasteiger partial charge in [-0.2, -0.15) is 0 Å². The summed E-state index contributed by atoms with van der Waals surface area (Å²) in [6.45, 7) is 0.553. The van der Waals surface area contributed by atoms with E-state index in [9.17, 15) is 0 Å². The van der Waals surface area contributed by atoms with Crippen molar-refractivity contribution < 1.29 is 5.11 Å². The van der Waals surface area contributed by atoms with E-state index in [4.69, 9.17) is 5.11 Å². The molecule has 0 aliphatic carbocycles. The molecule has 0 heterocycles. The second-order valence-corrected chi connectivity index (χ2v) is 2.80. The van der Waals surface area contributed by atoms with Gasteiger partial charge in [-0.25, -0.2) is 0 Å². The number of rotatable bonds is 3. The normalized spacial score (nSPS) is 14.2. The summed E-state index contributed by atoms with van der Waals surface area (Å²) < 4.78 is 0. The fourth-order valence-electron chi connectivity index (χ4n) is 0.482. The number of hydrogen-bond donors (Lipinski definition) is 1. The van der Waals surface area contributed by atoms with E-state index in [1.54, 1.807) is 18.3 Å². The third kappa shape index (κ3) is 5.79. The van der Waals surface area contributed by atoms with Gasteiger partial charge in [-0.05, 0) is 0 Å². The van der Waals surface area contributed by atoms with E-state index in [0.717, 1.165) is 0 Å². The summed E-state index contributed by atoms with van der Waals surface area (Å²) in [6, 6.07) is 0. The fraction of sp³-hybridized carbons (Fsp3) is 0.800. The Balaban J connectivity index is 3.38. The fourth-order valence-corrected chi connectivity index (χ4v) is 0.939. The smallest absolute Gasteiger partial charge is 0.126 e. The molecule has 0 saturated heterocycles. The topological polar surface area (TPSA) is 35.8 Å². The van der Waals surface area contributed by atoms with Crippen molar-refractivity contribution in [2.45, 2.75) is 5.01 Å². The van der Waals surface area contributed by atoms with Crippen molar-refractivity contribution >= 4 is 22.3 Å². The van der Waals surface area contributed by atoms with Crippen molar-refractivity contribution in [1.82, 2.24) is 4.90 Å². The van der Waals surface area contributed by atoms with Crippen LogP contribution in [0.3, 0.4) is 0 Å². The van der Waals surface area contributed by atoms with E-state index >= 15 is 0 Å². The lowest BCUT2D eigenvalue weighted by Crippen LogP contribution is -2.24. The van der Waals surface area contributed by atoms with Gasteiger partial charge in [-0.1, -0.05) is 15.9 Å². The maximum atomic E-state index is 8.76. The van der Waals surface area contributed by atoms with Crippen LogP contribution >= 0.6 is 15.9 Å². The van der Waals surface area contributed by atoms with Gasteiger partial charge in [-0.3, -0.25) is 4.99 Å². The third-order valence-electron chi connectivity index (χ3n) is 0.751. The van der Waals surface area contributed by atoms with Crippen molar-refractivity contribution in [2.24, 2.45) is 4.99 Å². The molecular formula is C5H11BrN2O. The molecule has 0 aromatic heterocycles. The predicted octanol–water partition coefficient (Wildman–Crippen LogP) is 0.290. The van der Waals surface area contributed by atoms with Crippen molar-refractivity contribution in [1.29, 1.82) is 0 Å². The van der Waals surface area contributed by atoms with E-state index < -0.39 is 5.01 Å². The van der Waals surface area contributed by atoms with Crippen LogP contribution in [0.1, 0.15) is 0 Å². The number of halogens is 1. The van der Waals surface area contributed by atoms with E-state index in [1.807, 2.05) is 7.05 Å². The molecule has 1 atom stereocenters. The molecule has 9 heavy (non-hydrogen) atoms. The maximum Gasteiger partial charge on any atom is 0.126 e. The summed E-state index contributed by atoms with van der Waals surface area (Å²) in [5, 5.41) is 8.29. The van der Waals surface area contributed by atoms with E-state index in [-0.39, 0.29) is 0 Å². The molecule has 1 N–H and O–H groups in total. The minimum atomic E-state index is -0.472. The van der Waals surface area contributed by atoms with Crippen LogP contribution in [0.4, 0.5) is 0 Å². The molecule has 0 amide bonds. The van der Waals surface area contributed by atoms with Crippen molar-refractivity contribution in [3.8, 4) is 0 Å². The summed E-state index contributed by atoms with van der Waals surface area (Å²) >= 11 is 3.00. The van der Waals surface area contributed by atoms with Crippen LogP contribution in [-0.2, 0) is 0 Å². The summed E-state index contributed by atoms with van der Waals surface area (Å²) in [5.74, 6) is 0. The third-order valence-corrected chi connectivity index (χ3v) is 1.04. The zero-order valence-electron chi connectivity index (χ0n) is 5.58. The molecule has 0 aromatic carbocycles.